The lowest BCUT2D eigenvalue weighted by atomic mass is 10.0. The second kappa shape index (κ2) is 6.11. The SMILES string of the molecule is CC(C)c1ccc2[nH]c(O)c(N=Nc3ccc([N+](=O)[O-])cc3)c2c1. The van der Waals surface area contributed by atoms with E-state index in [2.05, 4.69) is 29.1 Å². The van der Waals surface area contributed by atoms with Crippen molar-refractivity contribution in [3.05, 3.63) is 58.1 Å². The molecule has 1 heterocycles. The van der Waals surface area contributed by atoms with Crippen LogP contribution in [0.15, 0.2) is 52.7 Å². The predicted octanol–water partition coefficient (Wildman–Crippen LogP) is 5.32. The molecule has 2 N–H and O–H groups in total. The summed E-state index contributed by atoms with van der Waals surface area (Å²) >= 11 is 0. The van der Waals surface area contributed by atoms with Crippen molar-refractivity contribution in [3.63, 3.8) is 0 Å². The normalized spacial score (nSPS) is 11.6. The Bertz CT molecular complexity index is 927. The summed E-state index contributed by atoms with van der Waals surface area (Å²) in [5.41, 5.74) is 2.72. The monoisotopic (exact) mass is 324 g/mol. The third-order valence-electron chi connectivity index (χ3n) is 3.77. The van der Waals surface area contributed by atoms with Crippen molar-refractivity contribution in [2.45, 2.75) is 19.8 Å². The molecule has 0 fully saturated rings. The summed E-state index contributed by atoms with van der Waals surface area (Å²) in [6, 6.07) is 11.6. The molecule has 0 unspecified atom stereocenters. The lowest BCUT2D eigenvalue weighted by molar-refractivity contribution is -0.384. The quantitative estimate of drug-likeness (QED) is 0.385. The van der Waals surface area contributed by atoms with Gasteiger partial charge in [0.05, 0.1) is 16.1 Å². The van der Waals surface area contributed by atoms with Crippen LogP contribution in [-0.2, 0) is 0 Å². The van der Waals surface area contributed by atoms with Gasteiger partial charge in [-0.1, -0.05) is 19.9 Å². The van der Waals surface area contributed by atoms with Crippen molar-refractivity contribution < 1.29 is 10.0 Å². The molecule has 0 amide bonds. The molecule has 0 aliphatic rings. The number of aromatic nitrogens is 1. The maximum atomic E-state index is 10.6. The van der Waals surface area contributed by atoms with Crippen molar-refractivity contribution in [1.29, 1.82) is 0 Å². The first-order valence-corrected chi connectivity index (χ1v) is 7.46. The molecular weight excluding hydrogens is 308 g/mol. The highest BCUT2D eigenvalue weighted by Crippen LogP contribution is 2.37. The molecule has 2 aromatic carbocycles. The summed E-state index contributed by atoms with van der Waals surface area (Å²) in [5, 5.41) is 29.7. The zero-order chi connectivity index (χ0) is 17.3. The van der Waals surface area contributed by atoms with E-state index >= 15 is 0 Å². The molecule has 0 atom stereocenters. The number of nitro benzene ring substituents is 1. The van der Waals surface area contributed by atoms with E-state index in [4.69, 9.17) is 0 Å². The van der Waals surface area contributed by atoms with Crippen LogP contribution in [0.1, 0.15) is 25.3 Å². The molecule has 0 spiro atoms. The number of H-pyrrole nitrogens is 1. The smallest absolute Gasteiger partial charge is 0.269 e. The van der Waals surface area contributed by atoms with E-state index in [1.54, 1.807) is 0 Å². The van der Waals surface area contributed by atoms with E-state index in [0.717, 1.165) is 16.5 Å². The predicted molar refractivity (Wildman–Crippen MR) is 91.3 cm³/mol. The summed E-state index contributed by atoms with van der Waals surface area (Å²) in [7, 11) is 0. The third kappa shape index (κ3) is 2.96. The van der Waals surface area contributed by atoms with Gasteiger partial charge in [0.1, 0.15) is 0 Å². The highest BCUT2D eigenvalue weighted by atomic mass is 16.6. The fourth-order valence-corrected chi connectivity index (χ4v) is 2.39. The van der Waals surface area contributed by atoms with Gasteiger partial charge in [-0.3, -0.25) is 10.1 Å². The van der Waals surface area contributed by atoms with E-state index in [1.165, 1.54) is 24.3 Å². The van der Waals surface area contributed by atoms with Crippen LogP contribution in [0.3, 0.4) is 0 Å². The Balaban J connectivity index is 1.97. The summed E-state index contributed by atoms with van der Waals surface area (Å²) in [4.78, 5) is 13.0. The van der Waals surface area contributed by atoms with Crippen LogP contribution in [0.25, 0.3) is 10.9 Å². The molecule has 3 rings (SSSR count). The van der Waals surface area contributed by atoms with Crippen LogP contribution in [0.4, 0.5) is 17.1 Å². The number of nitrogens with one attached hydrogen (secondary N) is 1. The molecule has 0 aliphatic heterocycles. The van der Waals surface area contributed by atoms with E-state index in [0.29, 0.717) is 17.3 Å². The lowest BCUT2D eigenvalue weighted by Crippen LogP contribution is -1.85. The molecule has 122 valence electrons. The van der Waals surface area contributed by atoms with Gasteiger partial charge in [-0.2, -0.15) is 5.11 Å². The average molecular weight is 324 g/mol. The number of azo groups is 1. The molecule has 7 nitrogen and oxygen atoms in total. The molecule has 7 heteroatoms. The number of hydrogen-bond donors (Lipinski definition) is 2. The Morgan fingerprint density at radius 1 is 1.12 bits per heavy atom. The number of non-ortho nitro benzene ring substituents is 1. The van der Waals surface area contributed by atoms with Crippen LogP contribution < -0.4 is 0 Å². The highest BCUT2D eigenvalue weighted by molar-refractivity contribution is 5.94. The first-order chi connectivity index (χ1) is 11.5. The van der Waals surface area contributed by atoms with Gasteiger partial charge in [0.15, 0.2) is 5.69 Å². The maximum absolute atomic E-state index is 10.6. The summed E-state index contributed by atoms with van der Waals surface area (Å²) < 4.78 is 0. The summed E-state index contributed by atoms with van der Waals surface area (Å²) in [6.07, 6.45) is 0. The number of benzene rings is 2. The number of nitro groups is 1. The minimum atomic E-state index is -0.472. The van der Waals surface area contributed by atoms with E-state index in [-0.39, 0.29) is 11.6 Å². The van der Waals surface area contributed by atoms with Crippen LogP contribution in [0.2, 0.25) is 0 Å². The third-order valence-corrected chi connectivity index (χ3v) is 3.77. The van der Waals surface area contributed by atoms with Gasteiger partial charge in [-0.05, 0) is 35.7 Å². The molecule has 3 aromatic rings. The summed E-state index contributed by atoms with van der Waals surface area (Å²) in [5.74, 6) is 0.294. The minimum absolute atomic E-state index is 0.00883. The molecule has 24 heavy (non-hydrogen) atoms. The van der Waals surface area contributed by atoms with Gasteiger partial charge in [-0.25, -0.2) is 0 Å². The second-order valence-corrected chi connectivity index (χ2v) is 5.76. The van der Waals surface area contributed by atoms with Crippen LogP contribution >= 0.6 is 0 Å². The van der Waals surface area contributed by atoms with E-state index < -0.39 is 4.92 Å². The van der Waals surface area contributed by atoms with Crippen LogP contribution in [-0.4, -0.2) is 15.0 Å². The average Bonchev–Trinajstić information content (AvgIpc) is 2.87. The van der Waals surface area contributed by atoms with Gasteiger partial charge in [-0.15, -0.1) is 5.11 Å². The highest BCUT2D eigenvalue weighted by Gasteiger charge is 2.12. The molecule has 0 saturated carbocycles. The van der Waals surface area contributed by atoms with E-state index in [9.17, 15) is 15.2 Å². The van der Waals surface area contributed by atoms with Crippen LogP contribution in [0, 0.1) is 10.1 Å². The number of aromatic hydroxyl groups is 1. The Labute approximate surface area is 137 Å². The first kappa shape index (κ1) is 15.7. The zero-order valence-corrected chi connectivity index (χ0v) is 13.2. The summed E-state index contributed by atoms with van der Waals surface area (Å²) in [6.45, 7) is 4.18. The Morgan fingerprint density at radius 2 is 1.83 bits per heavy atom. The fourth-order valence-electron chi connectivity index (χ4n) is 2.39. The Morgan fingerprint density at radius 3 is 2.46 bits per heavy atom. The molecule has 0 bridgehead atoms. The molecule has 1 aromatic heterocycles. The standard InChI is InChI=1S/C17H16N4O3/c1-10(2)11-3-8-15-14(9-11)16(17(22)18-15)20-19-12-4-6-13(7-5-12)21(23)24/h3-10,18,22H,1-2H3. The maximum Gasteiger partial charge on any atom is 0.269 e. The van der Waals surface area contributed by atoms with Gasteiger partial charge in [0.2, 0.25) is 5.88 Å². The fraction of sp³-hybridized carbons (Fsp3) is 0.176. The van der Waals surface area contributed by atoms with Gasteiger partial charge in [0.25, 0.3) is 5.69 Å². The lowest BCUT2D eigenvalue weighted by Gasteiger charge is -2.04. The van der Waals surface area contributed by atoms with Gasteiger partial charge >= 0.3 is 0 Å². The first-order valence-electron chi connectivity index (χ1n) is 7.46. The van der Waals surface area contributed by atoms with Crippen molar-refractivity contribution in [3.8, 4) is 5.88 Å². The van der Waals surface area contributed by atoms with Crippen molar-refractivity contribution in [2.75, 3.05) is 0 Å². The van der Waals surface area contributed by atoms with E-state index in [1.807, 2.05) is 18.2 Å². The topological polar surface area (TPSA) is 104 Å². The Hall–Kier alpha value is -3.22. The largest absolute Gasteiger partial charge is 0.493 e. The number of aromatic amines is 1. The van der Waals surface area contributed by atoms with Gasteiger partial charge in [0, 0.05) is 17.5 Å². The van der Waals surface area contributed by atoms with Crippen molar-refractivity contribution in [1.82, 2.24) is 4.98 Å². The number of rotatable bonds is 4. The number of hydrogen-bond acceptors (Lipinski definition) is 5. The Kier molecular flexibility index (Phi) is 3.99. The molecular formula is C17H16N4O3. The molecule has 0 saturated heterocycles. The second-order valence-electron chi connectivity index (χ2n) is 5.76. The number of fused-ring (bicyclic) bond motifs is 1. The van der Waals surface area contributed by atoms with Crippen LogP contribution in [0.5, 0.6) is 5.88 Å². The molecule has 0 radical (unpaired) electrons. The van der Waals surface area contributed by atoms with Gasteiger partial charge < -0.3 is 10.1 Å². The molecule has 0 aliphatic carbocycles. The minimum Gasteiger partial charge on any atom is -0.493 e. The van der Waals surface area contributed by atoms with Crippen molar-refractivity contribution >= 4 is 28.0 Å². The zero-order valence-electron chi connectivity index (χ0n) is 13.2. The van der Waals surface area contributed by atoms with Crippen molar-refractivity contribution in [2.24, 2.45) is 10.2 Å². The number of nitrogens with zero attached hydrogens (tertiary/aromatic N) is 3.